The van der Waals surface area contributed by atoms with Crippen LogP contribution in [-0.4, -0.2) is 16.0 Å². The molecule has 16 heavy (non-hydrogen) atoms. The smallest absolute Gasteiger partial charge is 0.328 e. The van der Waals surface area contributed by atoms with E-state index in [1.54, 1.807) is 6.92 Å². The van der Waals surface area contributed by atoms with Gasteiger partial charge in [-0.05, 0) is 40.1 Å². The third-order valence-electron chi connectivity index (χ3n) is 1.92. The predicted molar refractivity (Wildman–Crippen MR) is 62.2 cm³/mol. The summed E-state index contributed by atoms with van der Waals surface area (Å²) < 4.78 is 0.497. The Kier molecular flexibility index (Phi) is 3.78. The molecule has 0 saturated heterocycles. The fourth-order valence-electron chi connectivity index (χ4n) is 1.21. The van der Waals surface area contributed by atoms with Gasteiger partial charge >= 0.3 is 5.97 Å². The van der Waals surface area contributed by atoms with Crippen LogP contribution in [0.1, 0.15) is 11.1 Å². The van der Waals surface area contributed by atoms with Gasteiger partial charge in [0.05, 0.1) is 4.92 Å². The summed E-state index contributed by atoms with van der Waals surface area (Å²) in [4.78, 5) is 20.4. The Hall–Kier alpha value is -1.69. The van der Waals surface area contributed by atoms with Gasteiger partial charge in [0.15, 0.2) is 0 Å². The van der Waals surface area contributed by atoms with E-state index in [0.717, 1.165) is 6.08 Å². The molecule has 1 N–H and O–H groups in total. The second-order valence-corrected chi connectivity index (χ2v) is 3.94. The summed E-state index contributed by atoms with van der Waals surface area (Å²) in [5.74, 6) is -1.07. The van der Waals surface area contributed by atoms with Gasteiger partial charge in [0.2, 0.25) is 0 Å². The Bertz CT molecular complexity index is 459. The number of hydrogen-bond acceptors (Lipinski definition) is 3. The molecule has 0 fully saturated rings. The first kappa shape index (κ1) is 12.4. The van der Waals surface area contributed by atoms with E-state index >= 15 is 0 Å². The first-order valence-electron chi connectivity index (χ1n) is 4.27. The number of aryl methyl sites for hydroxylation is 1. The largest absolute Gasteiger partial charge is 0.478 e. The summed E-state index contributed by atoms with van der Waals surface area (Å²) in [6.45, 7) is 1.68. The van der Waals surface area contributed by atoms with Crippen LogP contribution in [0.2, 0.25) is 0 Å². The SMILES string of the molecule is Cc1cc([N+](=O)[O-])cc(Br)c1/C=C/C(=O)O. The lowest BCUT2D eigenvalue weighted by Gasteiger charge is -2.03. The van der Waals surface area contributed by atoms with Gasteiger partial charge < -0.3 is 5.11 Å². The molecule has 84 valence electrons. The topological polar surface area (TPSA) is 80.4 Å². The van der Waals surface area contributed by atoms with Crippen LogP contribution >= 0.6 is 15.9 Å². The zero-order valence-electron chi connectivity index (χ0n) is 8.31. The number of carboxylic acid groups (broad SMARTS) is 1. The number of carboxylic acids is 1. The van der Waals surface area contributed by atoms with Crippen molar-refractivity contribution in [2.75, 3.05) is 0 Å². The van der Waals surface area contributed by atoms with E-state index in [1.165, 1.54) is 18.2 Å². The highest BCUT2D eigenvalue weighted by Gasteiger charge is 2.11. The quantitative estimate of drug-likeness (QED) is 0.526. The van der Waals surface area contributed by atoms with Gasteiger partial charge in [0.25, 0.3) is 5.69 Å². The summed E-state index contributed by atoms with van der Waals surface area (Å²) >= 11 is 3.17. The molecule has 1 aromatic rings. The highest BCUT2D eigenvalue weighted by molar-refractivity contribution is 9.10. The molecule has 1 aromatic carbocycles. The van der Waals surface area contributed by atoms with Crippen LogP contribution in [0.5, 0.6) is 0 Å². The van der Waals surface area contributed by atoms with E-state index in [-0.39, 0.29) is 5.69 Å². The molecule has 0 aliphatic heterocycles. The summed E-state index contributed by atoms with van der Waals surface area (Å²) in [5, 5.41) is 19.0. The number of hydrogen-bond donors (Lipinski definition) is 1. The van der Waals surface area contributed by atoms with Crippen molar-refractivity contribution in [3.8, 4) is 0 Å². The van der Waals surface area contributed by atoms with Crippen LogP contribution < -0.4 is 0 Å². The van der Waals surface area contributed by atoms with E-state index in [9.17, 15) is 14.9 Å². The number of benzene rings is 1. The van der Waals surface area contributed by atoms with Gasteiger partial charge in [-0.25, -0.2) is 4.79 Å². The van der Waals surface area contributed by atoms with E-state index < -0.39 is 10.9 Å². The monoisotopic (exact) mass is 285 g/mol. The second-order valence-electron chi connectivity index (χ2n) is 3.09. The average Bonchev–Trinajstić information content (AvgIpc) is 2.15. The Labute approximate surface area is 99.7 Å². The van der Waals surface area contributed by atoms with Crippen LogP contribution in [0.25, 0.3) is 6.08 Å². The highest BCUT2D eigenvalue weighted by Crippen LogP contribution is 2.27. The number of aliphatic carboxylic acids is 1. The van der Waals surface area contributed by atoms with Crippen molar-refractivity contribution in [3.63, 3.8) is 0 Å². The van der Waals surface area contributed by atoms with Crippen LogP contribution in [0.3, 0.4) is 0 Å². The summed E-state index contributed by atoms with van der Waals surface area (Å²) in [6.07, 6.45) is 2.38. The second kappa shape index (κ2) is 4.89. The molecule has 0 atom stereocenters. The maximum atomic E-state index is 10.6. The molecule has 1 rings (SSSR count). The van der Waals surface area contributed by atoms with E-state index in [0.29, 0.717) is 15.6 Å². The molecule has 0 aromatic heterocycles. The minimum atomic E-state index is -1.07. The summed E-state index contributed by atoms with van der Waals surface area (Å²) in [6, 6.07) is 2.74. The Balaban J connectivity index is 3.22. The number of carbonyl (C=O) groups is 1. The van der Waals surface area contributed by atoms with Gasteiger partial charge in [-0.3, -0.25) is 10.1 Å². The van der Waals surface area contributed by atoms with Gasteiger partial charge in [-0.15, -0.1) is 0 Å². The zero-order valence-corrected chi connectivity index (χ0v) is 9.89. The molecule has 0 bridgehead atoms. The minimum absolute atomic E-state index is 0.0307. The summed E-state index contributed by atoms with van der Waals surface area (Å²) in [5.41, 5.74) is 1.23. The van der Waals surface area contributed by atoms with Crippen molar-refractivity contribution >= 4 is 33.7 Å². The first-order valence-corrected chi connectivity index (χ1v) is 5.06. The van der Waals surface area contributed by atoms with Crippen molar-refractivity contribution in [1.82, 2.24) is 0 Å². The lowest BCUT2D eigenvalue weighted by molar-refractivity contribution is -0.385. The first-order chi connectivity index (χ1) is 7.41. The third kappa shape index (κ3) is 2.90. The summed E-state index contributed by atoms with van der Waals surface area (Å²) in [7, 11) is 0. The number of non-ortho nitro benzene ring substituents is 1. The van der Waals surface area contributed by atoms with Crippen molar-refractivity contribution in [3.05, 3.63) is 43.9 Å². The third-order valence-corrected chi connectivity index (χ3v) is 2.58. The van der Waals surface area contributed by atoms with Crippen LogP contribution in [-0.2, 0) is 4.79 Å². The Morgan fingerprint density at radius 3 is 2.62 bits per heavy atom. The van der Waals surface area contributed by atoms with Crippen molar-refractivity contribution in [2.45, 2.75) is 6.92 Å². The average molecular weight is 286 g/mol. The minimum Gasteiger partial charge on any atom is -0.478 e. The predicted octanol–water partition coefficient (Wildman–Crippen LogP) is 2.76. The molecule has 0 aliphatic carbocycles. The zero-order chi connectivity index (χ0) is 12.3. The molecular weight excluding hydrogens is 278 g/mol. The molecule has 6 heteroatoms. The van der Waals surface area contributed by atoms with Gasteiger partial charge in [-0.2, -0.15) is 0 Å². The molecule has 0 radical (unpaired) electrons. The van der Waals surface area contributed by atoms with Gasteiger partial charge in [0.1, 0.15) is 0 Å². The fraction of sp³-hybridized carbons (Fsp3) is 0.100. The molecule has 0 saturated carbocycles. The van der Waals surface area contributed by atoms with Crippen LogP contribution in [0.15, 0.2) is 22.7 Å². The molecule has 0 spiro atoms. The van der Waals surface area contributed by atoms with Crippen molar-refractivity contribution in [2.24, 2.45) is 0 Å². The highest BCUT2D eigenvalue weighted by atomic mass is 79.9. The normalized spacial score (nSPS) is 10.6. The number of halogens is 1. The molecule has 0 amide bonds. The van der Waals surface area contributed by atoms with Gasteiger partial charge in [0, 0.05) is 22.7 Å². The molecule has 0 heterocycles. The lowest BCUT2D eigenvalue weighted by atomic mass is 10.1. The molecular formula is C10H8BrNO4. The number of nitro benzene ring substituents is 1. The number of rotatable bonds is 3. The fourth-order valence-corrected chi connectivity index (χ4v) is 1.89. The standard InChI is InChI=1S/C10H8BrNO4/c1-6-4-7(12(15)16)5-9(11)8(6)2-3-10(13)14/h2-5H,1H3,(H,13,14)/b3-2+. The molecule has 0 aliphatic rings. The van der Waals surface area contributed by atoms with E-state index in [1.807, 2.05) is 0 Å². The maximum absolute atomic E-state index is 10.6. The molecule has 0 unspecified atom stereocenters. The Morgan fingerprint density at radius 1 is 1.56 bits per heavy atom. The van der Waals surface area contributed by atoms with Gasteiger partial charge in [-0.1, -0.05) is 0 Å². The Morgan fingerprint density at radius 2 is 2.19 bits per heavy atom. The van der Waals surface area contributed by atoms with Crippen molar-refractivity contribution < 1.29 is 14.8 Å². The maximum Gasteiger partial charge on any atom is 0.328 e. The van der Waals surface area contributed by atoms with Crippen LogP contribution in [0.4, 0.5) is 5.69 Å². The van der Waals surface area contributed by atoms with Crippen LogP contribution in [0, 0.1) is 17.0 Å². The van der Waals surface area contributed by atoms with E-state index in [2.05, 4.69) is 15.9 Å². The number of nitro groups is 1. The number of nitrogens with zero attached hydrogens (tertiary/aromatic N) is 1. The molecule has 5 nitrogen and oxygen atoms in total. The van der Waals surface area contributed by atoms with E-state index in [4.69, 9.17) is 5.11 Å². The lowest BCUT2D eigenvalue weighted by Crippen LogP contribution is -1.92. The van der Waals surface area contributed by atoms with Crippen molar-refractivity contribution in [1.29, 1.82) is 0 Å².